The maximum Gasteiger partial charge on any atom is 0.262 e. The summed E-state index contributed by atoms with van der Waals surface area (Å²) in [5.41, 5.74) is 0. The van der Waals surface area contributed by atoms with Gasteiger partial charge >= 0.3 is 0 Å². The number of hydrogen-bond donors (Lipinski definition) is 1. The Hall–Kier alpha value is -0.810. The average molecular weight is 357 g/mol. The lowest BCUT2D eigenvalue weighted by atomic mass is 10.2. The molecule has 0 saturated carbocycles. The second kappa shape index (κ2) is 7.18. The van der Waals surface area contributed by atoms with Gasteiger partial charge in [0.2, 0.25) is 0 Å². The molecule has 1 aromatic heterocycles. The highest BCUT2D eigenvalue weighted by Gasteiger charge is 2.17. The number of amides is 1. The molecule has 118 valence electrons. The van der Waals surface area contributed by atoms with Crippen LogP contribution in [0.2, 0.25) is 10.0 Å². The Morgan fingerprint density at radius 3 is 2.82 bits per heavy atom. The van der Waals surface area contributed by atoms with Crippen LogP contribution < -0.4 is 5.32 Å². The third kappa shape index (κ3) is 3.57. The van der Waals surface area contributed by atoms with Gasteiger partial charge in [0, 0.05) is 21.7 Å². The van der Waals surface area contributed by atoms with Gasteiger partial charge in [-0.05, 0) is 51.0 Å². The molecular formula is C16H18Cl2N2OS. The molecule has 0 unspecified atom stereocenters. The minimum absolute atomic E-state index is 0.0938. The van der Waals surface area contributed by atoms with Crippen LogP contribution in [-0.2, 0) is 0 Å². The van der Waals surface area contributed by atoms with E-state index in [1.165, 1.54) is 37.3 Å². The molecule has 1 aromatic carbocycles. The Balaban J connectivity index is 1.58. The lowest BCUT2D eigenvalue weighted by Crippen LogP contribution is -2.28. The van der Waals surface area contributed by atoms with Gasteiger partial charge in [0.25, 0.3) is 5.91 Å². The standard InChI is InChI=1S/C16H18Cl2N2OS/c17-11-4-5-12-13(10-11)22-15(14(12)18)16(21)19-6-3-9-20-7-1-2-8-20/h4-5,10H,1-3,6-9H2,(H,19,21). The van der Waals surface area contributed by atoms with E-state index in [9.17, 15) is 4.79 Å². The van der Waals surface area contributed by atoms with Gasteiger partial charge in [0.1, 0.15) is 4.88 Å². The van der Waals surface area contributed by atoms with Crippen LogP contribution in [-0.4, -0.2) is 37.0 Å². The van der Waals surface area contributed by atoms with Crippen molar-refractivity contribution in [3.8, 4) is 0 Å². The average Bonchev–Trinajstić information content (AvgIpc) is 3.11. The molecule has 3 rings (SSSR count). The van der Waals surface area contributed by atoms with Gasteiger partial charge in [0.15, 0.2) is 0 Å². The number of benzene rings is 1. The van der Waals surface area contributed by atoms with Gasteiger partial charge < -0.3 is 10.2 Å². The van der Waals surface area contributed by atoms with Crippen molar-refractivity contribution in [1.82, 2.24) is 10.2 Å². The molecule has 2 aromatic rings. The summed E-state index contributed by atoms with van der Waals surface area (Å²) in [5.74, 6) is -0.0938. The molecule has 0 aliphatic carbocycles. The van der Waals surface area contributed by atoms with Crippen molar-refractivity contribution in [1.29, 1.82) is 0 Å². The van der Waals surface area contributed by atoms with Crippen LogP contribution >= 0.6 is 34.5 Å². The zero-order chi connectivity index (χ0) is 15.5. The van der Waals surface area contributed by atoms with E-state index in [0.717, 1.165) is 23.1 Å². The fraction of sp³-hybridized carbons (Fsp3) is 0.438. The first-order valence-corrected chi connectivity index (χ1v) is 9.10. The molecule has 1 N–H and O–H groups in total. The highest BCUT2D eigenvalue weighted by atomic mass is 35.5. The third-order valence-electron chi connectivity index (χ3n) is 3.93. The summed E-state index contributed by atoms with van der Waals surface area (Å²) in [4.78, 5) is 15.3. The van der Waals surface area contributed by atoms with Gasteiger partial charge in [0.05, 0.1) is 5.02 Å². The highest BCUT2D eigenvalue weighted by Crippen LogP contribution is 2.36. The molecule has 1 aliphatic rings. The zero-order valence-corrected chi connectivity index (χ0v) is 14.5. The van der Waals surface area contributed by atoms with Crippen molar-refractivity contribution in [3.63, 3.8) is 0 Å². The number of thiophene rings is 1. The fourth-order valence-corrected chi connectivity index (χ4v) is 4.49. The number of carbonyl (C=O) groups is 1. The smallest absolute Gasteiger partial charge is 0.262 e. The summed E-state index contributed by atoms with van der Waals surface area (Å²) in [5, 5.41) is 5.03. The van der Waals surface area contributed by atoms with Crippen molar-refractivity contribution < 1.29 is 4.79 Å². The zero-order valence-electron chi connectivity index (χ0n) is 12.2. The molecular weight excluding hydrogens is 339 g/mol. The van der Waals surface area contributed by atoms with Crippen molar-refractivity contribution in [2.24, 2.45) is 0 Å². The molecule has 3 nitrogen and oxygen atoms in total. The van der Waals surface area contributed by atoms with Crippen LogP contribution in [0.3, 0.4) is 0 Å². The maximum atomic E-state index is 12.3. The van der Waals surface area contributed by atoms with E-state index in [1.807, 2.05) is 12.1 Å². The number of likely N-dealkylation sites (tertiary alicyclic amines) is 1. The largest absolute Gasteiger partial charge is 0.351 e. The summed E-state index contributed by atoms with van der Waals surface area (Å²) in [7, 11) is 0. The van der Waals surface area contributed by atoms with E-state index in [4.69, 9.17) is 23.2 Å². The number of nitrogens with one attached hydrogen (secondary N) is 1. The Kier molecular flexibility index (Phi) is 5.24. The second-order valence-corrected chi connectivity index (χ2v) is 7.41. The van der Waals surface area contributed by atoms with Crippen LogP contribution in [0.4, 0.5) is 0 Å². The molecule has 22 heavy (non-hydrogen) atoms. The normalized spacial score (nSPS) is 15.5. The predicted octanol–water partition coefficient (Wildman–Crippen LogP) is 4.42. The molecule has 1 aliphatic heterocycles. The first-order chi connectivity index (χ1) is 10.6. The van der Waals surface area contributed by atoms with Crippen LogP contribution in [0.5, 0.6) is 0 Å². The topological polar surface area (TPSA) is 32.3 Å². The minimum Gasteiger partial charge on any atom is -0.351 e. The molecule has 6 heteroatoms. The van der Waals surface area contributed by atoms with E-state index < -0.39 is 0 Å². The number of carbonyl (C=O) groups excluding carboxylic acids is 1. The molecule has 1 saturated heterocycles. The SMILES string of the molecule is O=C(NCCCN1CCCC1)c1sc2cc(Cl)ccc2c1Cl. The van der Waals surface area contributed by atoms with Gasteiger partial charge in [-0.2, -0.15) is 0 Å². The quantitative estimate of drug-likeness (QED) is 0.804. The first kappa shape index (κ1) is 16.1. The maximum absolute atomic E-state index is 12.3. The van der Waals surface area contributed by atoms with E-state index in [2.05, 4.69) is 10.2 Å². The van der Waals surface area contributed by atoms with Crippen LogP contribution in [0.15, 0.2) is 18.2 Å². The molecule has 0 atom stereocenters. The van der Waals surface area contributed by atoms with E-state index in [1.54, 1.807) is 6.07 Å². The van der Waals surface area contributed by atoms with Crippen LogP contribution in [0.25, 0.3) is 10.1 Å². The predicted molar refractivity (Wildman–Crippen MR) is 94.5 cm³/mol. The Bertz CT molecular complexity index is 680. The number of halogens is 2. The lowest BCUT2D eigenvalue weighted by molar-refractivity contribution is 0.0956. The number of rotatable bonds is 5. The summed E-state index contributed by atoms with van der Waals surface area (Å²) < 4.78 is 0.944. The summed E-state index contributed by atoms with van der Waals surface area (Å²) in [6, 6.07) is 5.50. The molecule has 2 heterocycles. The van der Waals surface area contributed by atoms with Crippen molar-refractivity contribution in [2.45, 2.75) is 19.3 Å². The third-order valence-corrected chi connectivity index (χ3v) is 5.82. The summed E-state index contributed by atoms with van der Waals surface area (Å²) in [6.07, 6.45) is 3.57. The Labute approximate surface area is 144 Å². The second-order valence-electron chi connectivity index (χ2n) is 5.54. The van der Waals surface area contributed by atoms with Gasteiger partial charge in [-0.1, -0.05) is 29.3 Å². The van der Waals surface area contributed by atoms with Crippen LogP contribution in [0.1, 0.15) is 28.9 Å². The fourth-order valence-electron chi connectivity index (χ4n) is 2.78. The molecule has 0 spiro atoms. The van der Waals surface area contributed by atoms with Crippen molar-refractivity contribution in [3.05, 3.63) is 33.1 Å². The summed E-state index contributed by atoms with van der Waals surface area (Å²) >= 11 is 13.7. The number of hydrogen-bond acceptors (Lipinski definition) is 3. The van der Waals surface area contributed by atoms with E-state index in [-0.39, 0.29) is 5.91 Å². The Morgan fingerprint density at radius 1 is 1.27 bits per heavy atom. The van der Waals surface area contributed by atoms with Gasteiger partial charge in [-0.3, -0.25) is 4.79 Å². The monoisotopic (exact) mass is 356 g/mol. The summed E-state index contributed by atoms with van der Waals surface area (Å²) in [6.45, 7) is 4.12. The van der Waals surface area contributed by atoms with Crippen molar-refractivity contribution >= 4 is 50.5 Å². The molecule has 0 bridgehead atoms. The number of fused-ring (bicyclic) bond motifs is 1. The van der Waals surface area contributed by atoms with E-state index in [0.29, 0.717) is 21.5 Å². The van der Waals surface area contributed by atoms with E-state index >= 15 is 0 Å². The highest BCUT2D eigenvalue weighted by molar-refractivity contribution is 7.21. The minimum atomic E-state index is -0.0938. The van der Waals surface area contributed by atoms with Gasteiger partial charge in [-0.15, -0.1) is 11.3 Å². The first-order valence-electron chi connectivity index (χ1n) is 7.53. The molecule has 0 radical (unpaired) electrons. The lowest BCUT2D eigenvalue weighted by Gasteiger charge is -2.14. The molecule has 1 amide bonds. The number of nitrogens with zero attached hydrogens (tertiary/aromatic N) is 1. The van der Waals surface area contributed by atoms with Gasteiger partial charge in [-0.25, -0.2) is 0 Å². The van der Waals surface area contributed by atoms with Crippen molar-refractivity contribution in [2.75, 3.05) is 26.2 Å². The Morgan fingerprint density at radius 2 is 2.05 bits per heavy atom. The van der Waals surface area contributed by atoms with Crippen LogP contribution in [0, 0.1) is 0 Å². The molecule has 1 fully saturated rings.